The SMILES string of the molecule is O=S(=O)(C1CN(c2nccs2)C1)N1CCc2ccccc21. The first-order chi connectivity index (χ1) is 10.2. The van der Waals surface area contributed by atoms with E-state index in [0.717, 1.165) is 22.8 Å². The minimum atomic E-state index is -3.27. The fourth-order valence-electron chi connectivity index (χ4n) is 2.91. The number of nitrogens with zero attached hydrogens (tertiary/aromatic N) is 3. The van der Waals surface area contributed by atoms with E-state index in [9.17, 15) is 8.42 Å². The molecule has 7 heteroatoms. The molecule has 1 fully saturated rings. The zero-order chi connectivity index (χ0) is 14.4. The van der Waals surface area contributed by atoms with E-state index in [1.807, 2.05) is 34.5 Å². The maximum atomic E-state index is 12.8. The lowest BCUT2D eigenvalue weighted by Gasteiger charge is -2.40. The van der Waals surface area contributed by atoms with Gasteiger partial charge in [0.2, 0.25) is 10.0 Å². The van der Waals surface area contributed by atoms with E-state index in [2.05, 4.69) is 4.98 Å². The molecule has 0 atom stereocenters. The Balaban J connectivity index is 1.54. The summed E-state index contributed by atoms with van der Waals surface area (Å²) in [4.78, 5) is 6.25. The lowest BCUT2D eigenvalue weighted by Crippen LogP contribution is -2.58. The third-order valence-corrected chi connectivity index (χ3v) is 7.08. The Hall–Kier alpha value is -1.60. The molecule has 0 bridgehead atoms. The number of para-hydroxylation sites is 1. The predicted molar refractivity (Wildman–Crippen MR) is 84.5 cm³/mol. The summed E-state index contributed by atoms with van der Waals surface area (Å²) in [6, 6.07) is 7.77. The van der Waals surface area contributed by atoms with E-state index in [-0.39, 0.29) is 5.25 Å². The second-order valence-electron chi connectivity index (χ2n) is 5.34. The van der Waals surface area contributed by atoms with Gasteiger partial charge in [0.1, 0.15) is 5.25 Å². The molecule has 0 amide bonds. The number of hydrogen-bond acceptors (Lipinski definition) is 5. The molecule has 1 saturated heterocycles. The van der Waals surface area contributed by atoms with Crippen LogP contribution in [0.25, 0.3) is 0 Å². The van der Waals surface area contributed by atoms with E-state index < -0.39 is 10.0 Å². The number of aromatic nitrogens is 1. The third kappa shape index (κ3) is 2.03. The summed E-state index contributed by atoms with van der Waals surface area (Å²) in [7, 11) is -3.27. The van der Waals surface area contributed by atoms with E-state index in [1.165, 1.54) is 0 Å². The molecule has 0 aliphatic carbocycles. The summed E-state index contributed by atoms with van der Waals surface area (Å²) in [5.74, 6) is 0. The molecule has 4 rings (SSSR count). The standard InChI is InChI=1S/C14H15N3O2S2/c18-21(19,12-9-16(10-12)14-15-6-8-20-14)17-7-5-11-3-1-2-4-13(11)17/h1-4,6,8,12H,5,7,9-10H2. The highest BCUT2D eigenvalue weighted by Gasteiger charge is 2.43. The Kier molecular flexibility index (Phi) is 2.93. The Morgan fingerprint density at radius 1 is 1.24 bits per heavy atom. The Labute approximate surface area is 127 Å². The third-order valence-electron chi connectivity index (χ3n) is 4.11. The van der Waals surface area contributed by atoms with Crippen molar-refractivity contribution in [1.82, 2.24) is 4.98 Å². The van der Waals surface area contributed by atoms with Crippen molar-refractivity contribution in [3.05, 3.63) is 41.4 Å². The molecule has 2 aliphatic heterocycles. The van der Waals surface area contributed by atoms with Gasteiger partial charge in [-0.05, 0) is 18.1 Å². The van der Waals surface area contributed by atoms with Crippen LogP contribution in [0.5, 0.6) is 0 Å². The van der Waals surface area contributed by atoms with E-state index >= 15 is 0 Å². The molecule has 0 spiro atoms. The van der Waals surface area contributed by atoms with Crippen molar-refractivity contribution in [2.45, 2.75) is 11.7 Å². The topological polar surface area (TPSA) is 53.5 Å². The zero-order valence-corrected chi connectivity index (χ0v) is 13.0. The average Bonchev–Trinajstić information content (AvgIpc) is 3.05. The fraction of sp³-hybridized carbons (Fsp3) is 0.357. The molecule has 21 heavy (non-hydrogen) atoms. The number of hydrogen-bond donors (Lipinski definition) is 0. The number of rotatable bonds is 3. The quantitative estimate of drug-likeness (QED) is 0.864. The van der Waals surface area contributed by atoms with Crippen LogP contribution in [0.4, 0.5) is 10.8 Å². The van der Waals surface area contributed by atoms with Crippen molar-refractivity contribution < 1.29 is 8.42 Å². The molecule has 0 N–H and O–H groups in total. The maximum absolute atomic E-state index is 12.8. The number of sulfonamides is 1. The van der Waals surface area contributed by atoms with Crippen LogP contribution >= 0.6 is 11.3 Å². The Morgan fingerprint density at radius 3 is 2.81 bits per heavy atom. The van der Waals surface area contributed by atoms with E-state index in [0.29, 0.717) is 19.6 Å². The molecule has 5 nitrogen and oxygen atoms in total. The van der Waals surface area contributed by atoms with Gasteiger partial charge in [0.05, 0.1) is 5.69 Å². The predicted octanol–water partition coefficient (Wildman–Crippen LogP) is 1.72. The summed E-state index contributed by atoms with van der Waals surface area (Å²) >= 11 is 1.55. The van der Waals surface area contributed by atoms with Gasteiger partial charge < -0.3 is 4.90 Å². The van der Waals surface area contributed by atoms with Crippen LogP contribution in [0.1, 0.15) is 5.56 Å². The minimum absolute atomic E-state index is 0.326. The number of fused-ring (bicyclic) bond motifs is 1. The van der Waals surface area contributed by atoms with Gasteiger partial charge >= 0.3 is 0 Å². The maximum Gasteiger partial charge on any atom is 0.241 e. The Bertz CT molecular complexity index is 752. The normalized spacial score (nSPS) is 18.7. The molecule has 2 aromatic rings. The van der Waals surface area contributed by atoms with Crippen LogP contribution in [0.2, 0.25) is 0 Å². The molecule has 0 radical (unpaired) electrons. The first-order valence-corrected chi connectivity index (χ1v) is 9.28. The van der Waals surface area contributed by atoms with Crippen molar-refractivity contribution in [2.24, 2.45) is 0 Å². The molecule has 1 aromatic carbocycles. The van der Waals surface area contributed by atoms with Gasteiger partial charge in [0.15, 0.2) is 5.13 Å². The Morgan fingerprint density at radius 2 is 2.05 bits per heavy atom. The van der Waals surface area contributed by atoms with Crippen LogP contribution in [-0.4, -0.2) is 38.3 Å². The van der Waals surface area contributed by atoms with Gasteiger partial charge in [-0.3, -0.25) is 4.31 Å². The molecule has 0 saturated carbocycles. The van der Waals surface area contributed by atoms with Crippen LogP contribution in [0.15, 0.2) is 35.8 Å². The van der Waals surface area contributed by atoms with Gasteiger partial charge in [-0.25, -0.2) is 13.4 Å². The van der Waals surface area contributed by atoms with Gasteiger partial charge in [-0.2, -0.15) is 0 Å². The molecule has 1 aromatic heterocycles. The zero-order valence-electron chi connectivity index (χ0n) is 11.3. The van der Waals surface area contributed by atoms with Crippen molar-refractivity contribution in [2.75, 3.05) is 28.8 Å². The van der Waals surface area contributed by atoms with Crippen LogP contribution in [0.3, 0.4) is 0 Å². The van der Waals surface area contributed by atoms with Gasteiger partial charge in [-0.1, -0.05) is 18.2 Å². The number of thiazole rings is 1. The summed E-state index contributed by atoms with van der Waals surface area (Å²) in [6.45, 7) is 1.64. The van der Waals surface area contributed by atoms with Crippen LogP contribution in [0, 0.1) is 0 Å². The second-order valence-corrected chi connectivity index (χ2v) is 8.35. The molecule has 3 heterocycles. The van der Waals surface area contributed by atoms with Crippen molar-refractivity contribution in [3.8, 4) is 0 Å². The number of benzene rings is 1. The highest BCUT2D eigenvalue weighted by Crippen LogP contribution is 2.34. The van der Waals surface area contributed by atoms with Gasteiger partial charge in [0.25, 0.3) is 0 Å². The monoisotopic (exact) mass is 321 g/mol. The minimum Gasteiger partial charge on any atom is -0.345 e. The summed E-state index contributed by atoms with van der Waals surface area (Å²) in [6.07, 6.45) is 2.55. The molecule has 0 unspecified atom stereocenters. The molecule has 2 aliphatic rings. The average molecular weight is 321 g/mol. The first kappa shape index (κ1) is 13.1. The summed E-state index contributed by atoms with van der Waals surface area (Å²) in [5.41, 5.74) is 1.97. The highest BCUT2D eigenvalue weighted by molar-refractivity contribution is 7.93. The van der Waals surface area contributed by atoms with E-state index in [1.54, 1.807) is 21.8 Å². The lowest BCUT2D eigenvalue weighted by atomic mass is 10.2. The highest BCUT2D eigenvalue weighted by atomic mass is 32.2. The summed E-state index contributed by atoms with van der Waals surface area (Å²) in [5, 5.41) is 2.49. The number of anilines is 2. The molecular weight excluding hydrogens is 306 g/mol. The summed E-state index contributed by atoms with van der Waals surface area (Å²) < 4.78 is 27.1. The van der Waals surface area contributed by atoms with Gasteiger partial charge in [-0.15, -0.1) is 11.3 Å². The van der Waals surface area contributed by atoms with Gasteiger partial charge in [0, 0.05) is 31.2 Å². The molecular formula is C14H15N3O2S2. The smallest absolute Gasteiger partial charge is 0.241 e. The first-order valence-electron chi connectivity index (χ1n) is 6.90. The fourth-order valence-corrected chi connectivity index (χ4v) is 5.46. The largest absolute Gasteiger partial charge is 0.345 e. The van der Waals surface area contributed by atoms with Crippen molar-refractivity contribution in [1.29, 1.82) is 0 Å². The van der Waals surface area contributed by atoms with Crippen molar-refractivity contribution in [3.63, 3.8) is 0 Å². The lowest BCUT2D eigenvalue weighted by molar-refractivity contribution is 0.538. The second kappa shape index (κ2) is 4.71. The van der Waals surface area contributed by atoms with Crippen molar-refractivity contribution >= 4 is 32.2 Å². The van der Waals surface area contributed by atoms with Crippen LogP contribution < -0.4 is 9.21 Å². The molecule has 110 valence electrons. The van der Waals surface area contributed by atoms with E-state index in [4.69, 9.17) is 0 Å². The van der Waals surface area contributed by atoms with Crippen LogP contribution in [-0.2, 0) is 16.4 Å².